The van der Waals surface area contributed by atoms with Crippen LogP contribution in [0.5, 0.6) is 0 Å². The fraction of sp³-hybridized carbons (Fsp3) is 0.423. The summed E-state index contributed by atoms with van der Waals surface area (Å²) in [5, 5.41) is 14.6. The lowest BCUT2D eigenvalue weighted by Gasteiger charge is -2.52. The van der Waals surface area contributed by atoms with E-state index in [4.69, 9.17) is 4.98 Å². The number of fused-ring (bicyclic) bond motifs is 2. The van der Waals surface area contributed by atoms with Gasteiger partial charge < -0.3 is 5.11 Å². The topological polar surface area (TPSA) is 73.7 Å². The van der Waals surface area contributed by atoms with Gasteiger partial charge in [0, 0.05) is 23.5 Å². The molecule has 1 unspecified atom stereocenters. The summed E-state index contributed by atoms with van der Waals surface area (Å²) < 4.78 is 0. The highest BCUT2D eigenvalue weighted by atomic mass is 32.1. The summed E-state index contributed by atoms with van der Waals surface area (Å²) in [5.41, 5.74) is 0.798. The molecule has 2 aromatic carbocycles. The summed E-state index contributed by atoms with van der Waals surface area (Å²) in [7, 11) is 0. The van der Waals surface area contributed by atoms with E-state index >= 15 is 0 Å². The zero-order valence-electron chi connectivity index (χ0n) is 19.2. The van der Waals surface area contributed by atoms with E-state index in [1.807, 2.05) is 42.5 Å². The predicted octanol–water partition coefficient (Wildman–Crippen LogP) is 5.44. The molecule has 0 radical (unpaired) electrons. The molecular weight excluding hydrogens is 434 g/mol. The number of hydrogen-bond donors (Lipinski definition) is 1. The number of nitrogens with zero attached hydrogens (tertiary/aromatic N) is 3. The number of benzene rings is 2. The molecule has 0 bridgehead atoms. The number of hydrogen-bond acceptors (Lipinski definition) is 5. The molecule has 5 rings (SSSR count). The SMILES string of the molecule is CC(C)(C)C1[C@H]2CCCN2C[C@@H](c2nc(C(=O)c3cccc4ccccc34)cs2)N1C(=O)O. The molecule has 0 saturated carbocycles. The van der Waals surface area contributed by atoms with E-state index in [0.29, 0.717) is 22.8 Å². The fourth-order valence-electron chi connectivity index (χ4n) is 5.68. The van der Waals surface area contributed by atoms with Crippen LogP contribution in [0.1, 0.15) is 60.7 Å². The molecule has 3 atom stereocenters. The van der Waals surface area contributed by atoms with Crippen molar-refractivity contribution in [1.82, 2.24) is 14.8 Å². The van der Waals surface area contributed by atoms with Gasteiger partial charge in [0.1, 0.15) is 16.7 Å². The van der Waals surface area contributed by atoms with E-state index in [1.165, 1.54) is 11.3 Å². The van der Waals surface area contributed by atoms with Crippen LogP contribution in [0.3, 0.4) is 0 Å². The van der Waals surface area contributed by atoms with Crippen LogP contribution in [0, 0.1) is 5.41 Å². The molecule has 0 spiro atoms. The van der Waals surface area contributed by atoms with E-state index in [-0.39, 0.29) is 29.3 Å². The van der Waals surface area contributed by atoms with E-state index in [2.05, 4.69) is 25.7 Å². The van der Waals surface area contributed by atoms with Gasteiger partial charge in [0.25, 0.3) is 0 Å². The van der Waals surface area contributed by atoms with Gasteiger partial charge >= 0.3 is 6.09 Å². The van der Waals surface area contributed by atoms with Gasteiger partial charge in [-0.25, -0.2) is 9.78 Å². The molecule has 0 aliphatic carbocycles. The van der Waals surface area contributed by atoms with Gasteiger partial charge in [-0.2, -0.15) is 0 Å². The molecule has 2 saturated heterocycles. The zero-order chi connectivity index (χ0) is 23.3. The molecule has 7 heteroatoms. The first-order valence-electron chi connectivity index (χ1n) is 11.5. The number of carbonyl (C=O) groups excluding carboxylic acids is 1. The van der Waals surface area contributed by atoms with E-state index in [9.17, 15) is 14.7 Å². The molecule has 3 heterocycles. The van der Waals surface area contributed by atoms with Gasteiger partial charge in [-0.3, -0.25) is 14.6 Å². The summed E-state index contributed by atoms with van der Waals surface area (Å²) in [6.07, 6.45) is 1.19. The number of carbonyl (C=O) groups is 2. The molecule has 2 aliphatic rings. The lowest BCUT2D eigenvalue weighted by atomic mass is 9.78. The number of thiazole rings is 1. The summed E-state index contributed by atoms with van der Waals surface area (Å²) >= 11 is 1.39. The van der Waals surface area contributed by atoms with Gasteiger partial charge in [-0.15, -0.1) is 11.3 Å². The van der Waals surface area contributed by atoms with Gasteiger partial charge in [0.2, 0.25) is 5.78 Å². The van der Waals surface area contributed by atoms with Crippen LogP contribution in [0.2, 0.25) is 0 Å². The zero-order valence-corrected chi connectivity index (χ0v) is 20.0. The first-order chi connectivity index (χ1) is 15.8. The minimum Gasteiger partial charge on any atom is -0.465 e. The number of amides is 1. The molecule has 1 N–H and O–H groups in total. The van der Waals surface area contributed by atoms with Crippen LogP contribution in [-0.2, 0) is 0 Å². The van der Waals surface area contributed by atoms with Gasteiger partial charge in [-0.1, -0.05) is 63.2 Å². The molecule has 6 nitrogen and oxygen atoms in total. The third-order valence-corrected chi connectivity index (χ3v) is 7.95. The van der Waals surface area contributed by atoms with Crippen LogP contribution in [0.25, 0.3) is 10.8 Å². The Morgan fingerprint density at radius 2 is 1.88 bits per heavy atom. The standard InChI is InChI=1S/C26H29N3O3S/c1-26(2,3)23-20-12-7-13-28(20)14-21(29(23)25(31)32)24-27-19(15-33-24)22(30)18-11-6-9-16-8-4-5-10-17(16)18/h4-6,8-11,15,20-21,23H,7,12-14H2,1-3H3,(H,31,32)/t20-,21+,23?/m1/s1. The highest BCUT2D eigenvalue weighted by Gasteiger charge is 2.51. The maximum absolute atomic E-state index is 13.4. The fourth-order valence-corrected chi connectivity index (χ4v) is 6.56. The van der Waals surface area contributed by atoms with Crippen LogP contribution in [0.4, 0.5) is 4.79 Å². The number of carboxylic acid groups (broad SMARTS) is 1. The first kappa shape index (κ1) is 22.0. The monoisotopic (exact) mass is 463 g/mol. The summed E-state index contributed by atoms with van der Waals surface area (Å²) in [5.74, 6) is -0.126. The Kier molecular flexibility index (Phi) is 5.49. The Bertz CT molecular complexity index is 1210. The molecule has 33 heavy (non-hydrogen) atoms. The van der Waals surface area contributed by atoms with Crippen molar-refractivity contribution in [3.8, 4) is 0 Å². The largest absolute Gasteiger partial charge is 0.465 e. The smallest absolute Gasteiger partial charge is 0.408 e. The first-order valence-corrected chi connectivity index (χ1v) is 12.4. The predicted molar refractivity (Wildman–Crippen MR) is 130 cm³/mol. The molecular formula is C26H29N3O3S. The van der Waals surface area contributed by atoms with E-state index in [0.717, 1.165) is 30.2 Å². The van der Waals surface area contributed by atoms with Crippen molar-refractivity contribution in [2.24, 2.45) is 5.41 Å². The van der Waals surface area contributed by atoms with Crippen molar-refractivity contribution < 1.29 is 14.7 Å². The Morgan fingerprint density at radius 3 is 2.64 bits per heavy atom. The minimum absolute atomic E-state index is 0.126. The summed E-state index contributed by atoms with van der Waals surface area (Å²) in [4.78, 5) is 34.7. The Labute approximate surface area is 197 Å². The van der Waals surface area contributed by atoms with E-state index < -0.39 is 6.09 Å². The highest BCUT2D eigenvalue weighted by Crippen LogP contribution is 2.43. The number of rotatable bonds is 3. The van der Waals surface area contributed by atoms with Crippen molar-refractivity contribution >= 4 is 34.0 Å². The molecule has 3 aromatic rings. The molecule has 2 fully saturated rings. The average molecular weight is 464 g/mol. The van der Waals surface area contributed by atoms with Gasteiger partial charge in [0.15, 0.2) is 0 Å². The second-order valence-electron chi connectivity index (χ2n) is 10.1. The van der Waals surface area contributed by atoms with Crippen molar-refractivity contribution in [2.45, 2.75) is 51.7 Å². The molecule has 1 amide bonds. The Balaban J connectivity index is 1.51. The summed E-state index contributed by atoms with van der Waals surface area (Å²) in [6, 6.07) is 13.3. The van der Waals surface area contributed by atoms with Crippen LogP contribution in [-0.4, -0.2) is 56.9 Å². The quantitative estimate of drug-likeness (QED) is 0.524. The Hall–Kier alpha value is -2.77. The van der Waals surface area contributed by atoms with Crippen LogP contribution in [0.15, 0.2) is 47.8 Å². The van der Waals surface area contributed by atoms with Crippen molar-refractivity contribution in [2.75, 3.05) is 13.1 Å². The van der Waals surface area contributed by atoms with Gasteiger partial charge in [0.05, 0.1) is 6.04 Å². The third-order valence-electron chi connectivity index (χ3n) is 7.00. The lowest BCUT2D eigenvalue weighted by Crippen LogP contribution is -2.63. The molecule has 2 aliphatic heterocycles. The lowest BCUT2D eigenvalue weighted by molar-refractivity contribution is -0.0381. The van der Waals surface area contributed by atoms with Crippen LogP contribution >= 0.6 is 11.3 Å². The summed E-state index contributed by atoms with van der Waals surface area (Å²) in [6.45, 7) is 7.95. The minimum atomic E-state index is -0.913. The highest BCUT2D eigenvalue weighted by molar-refractivity contribution is 7.10. The van der Waals surface area contributed by atoms with Crippen LogP contribution < -0.4 is 0 Å². The third kappa shape index (κ3) is 3.83. The average Bonchev–Trinajstić information content (AvgIpc) is 3.45. The number of piperazine rings is 1. The number of aromatic nitrogens is 1. The molecule has 172 valence electrons. The number of ketones is 1. The second kappa shape index (κ2) is 8.22. The maximum atomic E-state index is 13.4. The van der Waals surface area contributed by atoms with Crippen molar-refractivity contribution in [3.05, 3.63) is 64.1 Å². The van der Waals surface area contributed by atoms with E-state index in [1.54, 1.807) is 10.3 Å². The second-order valence-corrected chi connectivity index (χ2v) is 11.0. The molecule has 1 aromatic heterocycles. The van der Waals surface area contributed by atoms with Crippen molar-refractivity contribution in [3.63, 3.8) is 0 Å². The maximum Gasteiger partial charge on any atom is 0.408 e. The van der Waals surface area contributed by atoms with Gasteiger partial charge in [-0.05, 0) is 35.6 Å². The Morgan fingerprint density at radius 1 is 1.12 bits per heavy atom. The van der Waals surface area contributed by atoms with Crippen molar-refractivity contribution in [1.29, 1.82) is 0 Å². The normalized spacial score (nSPS) is 23.6.